The number of rotatable bonds is 9. The lowest BCUT2D eigenvalue weighted by Crippen LogP contribution is -2.17. The van der Waals surface area contributed by atoms with E-state index in [1.54, 1.807) is 0 Å². The minimum atomic E-state index is 0.0580. The SMILES string of the molecule is O=C1C(Cc2ccccc2)=CC(=CN=C2C=C(Cc3ccccc3)C(=O)C(Cc3ccccc3)=C2)C=C1Cc1ccccc1. The molecular weight excluding hydrogens is 538 g/mol. The minimum absolute atomic E-state index is 0.0580. The van der Waals surface area contributed by atoms with Crippen molar-refractivity contribution in [2.24, 2.45) is 4.99 Å². The van der Waals surface area contributed by atoms with E-state index in [2.05, 4.69) is 0 Å². The summed E-state index contributed by atoms with van der Waals surface area (Å²) < 4.78 is 0. The number of carbonyl (C=O) groups excluding carboxylic acids is 2. The molecule has 2 aliphatic carbocycles. The summed E-state index contributed by atoms with van der Waals surface area (Å²) in [6, 6.07) is 40.2. The first kappa shape index (κ1) is 28.7. The number of hydrogen-bond donors (Lipinski definition) is 0. The van der Waals surface area contributed by atoms with Crippen LogP contribution in [0.4, 0.5) is 0 Å². The maximum Gasteiger partial charge on any atom is 0.185 e. The fourth-order valence-corrected chi connectivity index (χ4v) is 5.60. The molecule has 0 saturated heterocycles. The summed E-state index contributed by atoms with van der Waals surface area (Å²) in [6.07, 6.45) is 11.7. The van der Waals surface area contributed by atoms with Crippen molar-refractivity contribution in [3.63, 3.8) is 0 Å². The summed E-state index contributed by atoms with van der Waals surface area (Å²) in [5, 5.41) is 0. The molecule has 44 heavy (non-hydrogen) atoms. The van der Waals surface area contributed by atoms with Gasteiger partial charge in [0.05, 0.1) is 5.71 Å². The lowest BCUT2D eigenvalue weighted by Gasteiger charge is -2.17. The van der Waals surface area contributed by atoms with Crippen LogP contribution in [0.1, 0.15) is 22.3 Å². The van der Waals surface area contributed by atoms with Crippen LogP contribution in [0.25, 0.3) is 0 Å². The Bertz CT molecular complexity index is 1570. The number of hydrogen-bond acceptors (Lipinski definition) is 3. The average Bonchev–Trinajstić information content (AvgIpc) is 3.06. The maximum absolute atomic E-state index is 13.6. The minimum Gasteiger partial charge on any atom is -0.289 e. The molecule has 0 fully saturated rings. The van der Waals surface area contributed by atoms with Crippen LogP contribution >= 0.6 is 0 Å². The average molecular weight is 572 g/mol. The first-order valence-corrected chi connectivity index (χ1v) is 15.0. The third kappa shape index (κ3) is 7.32. The number of benzene rings is 4. The molecule has 3 heteroatoms. The second kappa shape index (κ2) is 13.7. The highest BCUT2D eigenvalue weighted by Gasteiger charge is 2.23. The smallest absolute Gasteiger partial charge is 0.185 e. The highest BCUT2D eigenvalue weighted by Crippen LogP contribution is 2.26. The van der Waals surface area contributed by atoms with Crippen molar-refractivity contribution in [2.45, 2.75) is 25.7 Å². The zero-order chi connectivity index (χ0) is 30.1. The van der Waals surface area contributed by atoms with Gasteiger partial charge in [-0.05, 0) is 52.1 Å². The number of ketones is 2. The van der Waals surface area contributed by atoms with Gasteiger partial charge in [0.1, 0.15) is 0 Å². The number of carbonyl (C=O) groups is 2. The summed E-state index contributed by atoms with van der Waals surface area (Å²) in [4.78, 5) is 32.1. The largest absolute Gasteiger partial charge is 0.289 e. The second-order valence-corrected chi connectivity index (χ2v) is 11.2. The van der Waals surface area contributed by atoms with Gasteiger partial charge in [-0.15, -0.1) is 0 Å². The highest BCUT2D eigenvalue weighted by atomic mass is 16.1. The van der Waals surface area contributed by atoms with Crippen molar-refractivity contribution in [2.75, 3.05) is 0 Å². The topological polar surface area (TPSA) is 46.5 Å². The molecule has 0 N–H and O–H groups in total. The van der Waals surface area contributed by atoms with Gasteiger partial charge in [0.15, 0.2) is 11.6 Å². The van der Waals surface area contributed by atoms with E-state index in [1.807, 2.05) is 152 Å². The van der Waals surface area contributed by atoms with Crippen LogP contribution in [-0.4, -0.2) is 17.3 Å². The molecule has 3 nitrogen and oxygen atoms in total. The fourth-order valence-electron chi connectivity index (χ4n) is 5.60. The van der Waals surface area contributed by atoms with Crippen molar-refractivity contribution < 1.29 is 9.59 Å². The van der Waals surface area contributed by atoms with E-state index in [1.165, 1.54) is 0 Å². The summed E-state index contributed by atoms with van der Waals surface area (Å²) in [5.41, 5.74) is 8.87. The first-order chi connectivity index (χ1) is 21.6. The molecule has 0 aliphatic heterocycles. The van der Waals surface area contributed by atoms with E-state index >= 15 is 0 Å². The Labute approximate surface area is 259 Å². The van der Waals surface area contributed by atoms with Gasteiger partial charge < -0.3 is 0 Å². The lowest BCUT2D eigenvalue weighted by molar-refractivity contribution is -0.113. The predicted octanol–water partition coefficient (Wildman–Crippen LogP) is 8.15. The number of Topliss-reactive ketones (excluding diaryl/α,β-unsaturated/α-hetero) is 2. The van der Waals surface area contributed by atoms with Crippen molar-refractivity contribution >= 4 is 17.3 Å². The molecule has 0 radical (unpaired) electrons. The molecule has 0 saturated carbocycles. The molecule has 214 valence electrons. The Hall–Kier alpha value is -5.41. The summed E-state index contributed by atoms with van der Waals surface area (Å²) >= 11 is 0. The summed E-state index contributed by atoms with van der Waals surface area (Å²) in [5.74, 6) is 0.128. The zero-order valence-corrected chi connectivity index (χ0v) is 24.5. The fraction of sp³-hybridized carbons (Fsp3) is 0.0976. The van der Waals surface area contributed by atoms with E-state index in [4.69, 9.17) is 4.99 Å². The summed E-state index contributed by atoms with van der Waals surface area (Å²) in [7, 11) is 0. The third-order valence-corrected chi connectivity index (χ3v) is 7.80. The van der Waals surface area contributed by atoms with E-state index in [9.17, 15) is 9.59 Å². The van der Waals surface area contributed by atoms with Crippen LogP contribution < -0.4 is 0 Å². The van der Waals surface area contributed by atoms with Crippen molar-refractivity contribution in [3.05, 3.63) is 202 Å². The molecule has 0 bridgehead atoms. The van der Waals surface area contributed by atoms with Crippen molar-refractivity contribution in [3.8, 4) is 0 Å². The van der Waals surface area contributed by atoms with Gasteiger partial charge in [0.2, 0.25) is 0 Å². The molecule has 0 heterocycles. The Morgan fingerprint density at radius 1 is 0.409 bits per heavy atom. The van der Waals surface area contributed by atoms with Crippen LogP contribution in [0, 0.1) is 0 Å². The summed E-state index contributed by atoms with van der Waals surface area (Å²) in [6.45, 7) is 0. The molecule has 0 atom stereocenters. The Morgan fingerprint density at radius 3 is 1.02 bits per heavy atom. The van der Waals surface area contributed by atoms with E-state index in [0.717, 1.165) is 55.8 Å². The van der Waals surface area contributed by atoms with Gasteiger partial charge in [0.25, 0.3) is 0 Å². The van der Waals surface area contributed by atoms with Gasteiger partial charge >= 0.3 is 0 Å². The lowest BCUT2D eigenvalue weighted by atomic mass is 9.87. The Morgan fingerprint density at radius 2 is 0.705 bits per heavy atom. The number of allylic oxidation sites excluding steroid dienone is 9. The predicted molar refractivity (Wildman–Crippen MR) is 178 cm³/mol. The van der Waals surface area contributed by atoms with Crippen LogP contribution in [0.2, 0.25) is 0 Å². The Kier molecular flexibility index (Phi) is 8.94. The van der Waals surface area contributed by atoms with Crippen LogP contribution in [0.5, 0.6) is 0 Å². The standard InChI is InChI=1S/C41H33NO2/c43-40-35(21-30-13-5-1-6-14-30)25-34(26-36(40)22-31-15-7-2-8-16-31)29-42-39-27-37(23-32-17-9-3-10-18-32)41(44)38(28-39)24-33-19-11-4-12-20-33/h1-20,25-29H,21-24H2. The second-order valence-electron chi connectivity index (χ2n) is 11.2. The first-order valence-electron chi connectivity index (χ1n) is 15.0. The van der Waals surface area contributed by atoms with Gasteiger partial charge in [-0.3, -0.25) is 14.6 Å². The highest BCUT2D eigenvalue weighted by molar-refractivity contribution is 6.22. The third-order valence-electron chi connectivity index (χ3n) is 7.80. The van der Waals surface area contributed by atoms with Gasteiger partial charge in [-0.25, -0.2) is 0 Å². The van der Waals surface area contributed by atoms with E-state index in [-0.39, 0.29) is 11.6 Å². The van der Waals surface area contributed by atoms with Crippen LogP contribution in [0.15, 0.2) is 185 Å². The number of nitrogens with zero attached hydrogens (tertiary/aromatic N) is 1. The molecule has 0 aromatic heterocycles. The van der Waals surface area contributed by atoms with Crippen LogP contribution in [-0.2, 0) is 35.3 Å². The quantitative estimate of drug-likeness (QED) is 0.190. The molecule has 4 aromatic rings. The van der Waals surface area contributed by atoms with Gasteiger partial charge in [0, 0.05) is 54.2 Å². The molecular formula is C41H33NO2. The zero-order valence-electron chi connectivity index (χ0n) is 24.5. The van der Waals surface area contributed by atoms with Crippen LogP contribution in [0.3, 0.4) is 0 Å². The molecule has 6 rings (SSSR count). The van der Waals surface area contributed by atoms with Crippen molar-refractivity contribution in [1.82, 2.24) is 0 Å². The normalized spacial score (nSPS) is 14.8. The molecule has 0 amide bonds. The molecule has 2 aliphatic rings. The van der Waals surface area contributed by atoms with Gasteiger partial charge in [-0.2, -0.15) is 0 Å². The molecule has 0 unspecified atom stereocenters. The van der Waals surface area contributed by atoms with Gasteiger partial charge in [-0.1, -0.05) is 121 Å². The van der Waals surface area contributed by atoms with Crippen molar-refractivity contribution in [1.29, 1.82) is 0 Å². The Balaban J connectivity index is 1.36. The monoisotopic (exact) mass is 571 g/mol. The van der Waals surface area contributed by atoms with E-state index in [0.29, 0.717) is 25.7 Å². The molecule has 0 spiro atoms. The number of aliphatic imine (C=N–C) groups is 1. The van der Waals surface area contributed by atoms with E-state index < -0.39 is 0 Å². The maximum atomic E-state index is 13.6. The molecule has 4 aromatic carbocycles.